The highest BCUT2D eigenvalue weighted by Gasteiger charge is 2.35. The Hall–Kier alpha value is -1.52. The fraction of sp³-hybridized carbons (Fsp3) is 0.600. The third-order valence-corrected chi connectivity index (χ3v) is 3.66. The van der Waals surface area contributed by atoms with E-state index in [9.17, 15) is 10.1 Å². The van der Waals surface area contributed by atoms with Crippen molar-refractivity contribution < 1.29 is 4.79 Å². The van der Waals surface area contributed by atoms with Crippen LogP contribution in [0, 0.1) is 11.3 Å². The minimum absolute atomic E-state index is 0.258. The fourth-order valence-electron chi connectivity index (χ4n) is 1.81. The van der Waals surface area contributed by atoms with Crippen LogP contribution in [0.2, 0.25) is 0 Å². The monoisotopic (exact) mass is 251 g/mol. The Kier molecular flexibility index (Phi) is 3.36. The van der Waals surface area contributed by atoms with Crippen molar-refractivity contribution in [2.45, 2.75) is 18.4 Å². The molecule has 0 aromatic carbocycles. The second-order valence-corrected chi connectivity index (χ2v) is 5.02. The lowest BCUT2D eigenvalue weighted by Crippen LogP contribution is -2.53. The molecule has 1 aliphatic rings. The molecule has 1 amide bonds. The van der Waals surface area contributed by atoms with E-state index in [0.29, 0.717) is 17.7 Å². The molecule has 2 rings (SSSR count). The van der Waals surface area contributed by atoms with E-state index >= 15 is 0 Å². The lowest BCUT2D eigenvalue weighted by Gasteiger charge is -2.35. The normalized spacial score (nSPS) is 19.5. The van der Waals surface area contributed by atoms with Gasteiger partial charge >= 0.3 is 0 Å². The number of amides is 1. The number of carbonyl (C=O) groups excluding carboxylic acids is 1. The van der Waals surface area contributed by atoms with Crippen molar-refractivity contribution in [1.82, 2.24) is 19.8 Å². The van der Waals surface area contributed by atoms with Crippen LogP contribution in [0.3, 0.4) is 0 Å². The van der Waals surface area contributed by atoms with Gasteiger partial charge in [-0.15, -0.1) is 5.10 Å². The molecule has 6 nitrogen and oxygen atoms in total. The highest BCUT2D eigenvalue weighted by molar-refractivity contribution is 7.07. The summed E-state index contributed by atoms with van der Waals surface area (Å²) in [7, 11) is 2.01. The van der Waals surface area contributed by atoms with Crippen LogP contribution in [0.15, 0.2) is 6.20 Å². The molecule has 0 aliphatic carbocycles. The lowest BCUT2D eigenvalue weighted by molar-refractivity contribution is 0.0886. The first-order valence-electron chi connectivity index (χ1n) is 5.35. The number of likely N-dealkylation sites (tertiary alicyclic amines) is 1. The Bertz CT molecular complexity index is 430. The second kappa shape index (κ2) is 4.77. The molecule has 0 bridgehead atoms. The summed E-state index contributed by atoms with van der Waals surface area (Å²) in [5.41, 5.74) is -0.742. The highest BCUT2D eigenvalue weighted by atomic mass is 32.1. The van der Waals surface area contributed by atoms with Gasteiger partial charge in [-0.3, -0.25) is 4.79 Å². The molecule has 1 aromatic rings. The number of nitrogens with one attached hydrogen (secondary N) is 1. The Labute approximate surface area is 103 Å². The van der Waals surface area contributed by atoms with E-state index in [1.165, 1.54) is 6.20 Å². The summed E-state index contributed by atoms with van der Waals surface area (Å²) >= 11 is 1.04. The number of hydrogen-bond acceptors (Lipinski definition) is 6. The number of rotatable bonds is 2. The van der Waals surface area contributed by atoms with Crippen LogP contribution in [0.25, 0.3) is 0 Å². The van der Waals surface area contributed by atoms with Crippen LogP contribution in [0.1, 0.15) is 22.5 Å². The van der Waals surface area contributed by atoms with E-state index in [1.807, 2.05) is 7.05 Å². The summed E-state index contributed by atoms with van der Waals surface area (Å²) in [4.78, 5) is 14.5. The van der Waals surface area contributed by atoms with E-state index in [2.05, 4.69) is 25.9 Å². The first-order valence-corrected chi connectivity index (χ1v) is 6.12. The molecule has 0 saturated carbocycles. The molecular formula is C10H13N5OS. The molecule has 17 heavy (non-hydrogen) atoms. The van der Waals surface area contributed by atoms with Crippen molar-refractivity contribution in [2.24, 2.45) is 0 Å². The number of carbonyl (C=O) groups is 1. The molecule has 2 heterocycles. The van der Waals surface area contributed by atoms with Crippen LogP contribution in [-0.4, -0.2) is 46.1 Å². The maximum Gasteiger partial charge on any atom is 0.265 e. The molecule has 7 heteroatoms. The Morgan fingerprint density at radius 3 is 2.88 bits per heavy atom. The van der Waals surface area contributed by atoms with Crippen LogP contribution >= 0.6 is 11.5 Å². The molecular weight excluding hydrogens is 238 g/mol. The molecule has 1 N–H and O–H groups in total. The van der Waals surface area contributed by atoms with Crippen molar-refractivity contribution in [1.29, 1.82) is 5.26 Å². The molecule has 0 spiro atoms. The first-order chi connectivity index (χ1) is 8.15. The standard InChI is InChI=1S/C10H13N5OS/c1-15-4-2-10(7-11,3-5-15)13-9(16)8-6-12-14-17-8/h6H,2-5H2,1H3,(H,13,16). The number of nitrogens with zero attached hydrogens (tertiary/aromatic N) is 4. The van der Waals surface area contributed by atoms with Crippen molar-refractivity contribution in [3.05, 3.63) is 11.1 Å². The maximum atomic E-state index is 11.9. The number of aromatic nitrogens is 2. The quantitative estimate of drug-likeness (QED) is 0.815. The predicted octanol–water partition coefficient (Wildman–Crippen LogP) is 0.256. The Morgan fingerprint density at radius 1 is 1.65 bits per heavy atom. The van der Waals surface area contributed by atoms with Gasteiger partial charge in [0.15, 0.2) is 0 Å². The molecule has 1 saturated heterocycles. The average Bonchev–Trinajstić information content (AvgIpc) is 2.86. The number of piperidine rings is 1. The van der Waals surface area contributed by atoms with E-state index in [-0.39, 0.29) is 5.91 Å². The molecule has 0 atom stereocenters. The summed E-state index contributed by atoms with van der Waals surface area (Å²) in [6.45, 7) is 1.63. The van der Waals surface area contributed by atoms with Crippen LogP contribution in [0.5, 0.6) is 0 Å². The number of nitriles is 1. The predicted molar refractivity (Wildman–Crippen MR) is 62.5 cm³/mol. The first kappa shape index (κ1) is 12.0. The SMILES string of the molecule is CN1CCC(C#N)(NC(=O)c2cnns2)CC1. The largest absolute Gasteiger partial charge is 0.333 e. The molecule has 0 unspecified atom stereocenters. The zero-order valence-corrected chi connectivity index (χ0v) is 10.3. The van der Waals surface area contributed by atoms with Crippen molar-refractivity contribution in [3.8, 4) is 6.07 Å². The molecule has 90 valence electrons. The smallest absolute Gasteiger partial charge is 0.265 e. The van der Waals surface area contributed by atoms with Gasteiger partial charge in [0.05, 0.1) is 12.3 Å². The summed E-state index contributed by atoms with van der Waals surface area (Å²) in [6.07, 6.45) is 2.72. The van der Waals surface area contributed by atoms with Gasteiger partial charge in [-0.2, -0.15) is 5.26 Å². The van der Waals surface area contributed by atoms with Crippen LogP contribution in [-0.2, 0) is 0 Å². The van der Waals surface area contributed by atoms with Gasteiger partial charge in [0.25, 0.3) is 5.91 Å². The summed E-state index contributed by atoms with van der Waals surface area (Å²) in [6, 6.07) is 2.24. The molecule has 1 aliphatic heterocycles. The molecule has 1 fully saturated rings. The average molecular weight is 251 g/mol. The van der Waals surface area contributed by atoms with Crippen molar-refractivity contribution >= 4 is 17.4 Å². The van der Waals surface area contributed by atoms with E-state index in [4.69, 9.17) is 0 Å². The van der Waals surface area contributed by atoms with Gasteiger partial charge in [0, 0.05) is 13.1 Å². The van der Waals surface area contributed by atoms with Gasteiger partial charge in [-0.05, 0) is 31.4 Å². The number of hydrogen-bond donors (Lipinski definition) is 1. The van der Waals surface area contributed by atoms with Crippen molar-refractivity contribution in [2.75, 3.05) is 20.1 Å². The summed E-state index contributed by atoms with van der Waals surface area (Å²) < 4.78 is 3.64. The third kappa shape index (κ3) is 2.60. The zero-order chi connectivity index (χ0) is 12.3. The minimum atomic E-state index is -0.742. The Balaban J connectivity index is 2.06. The maximum absolute atomic E-state index is 11.9. The van der Waals surface area contributed by atoms with E-state index in [0.717, 1.165) is 24.6 Å². The van der Waals surface area contributed by atoms with Crippen molar-refractivity contribution in [3.63, 3.8) is 0 Å². The summed E-state index contributed by atoms with van der Waals surface area (Å²) in [5.74, 6) is -0.258. The summed E-state index contributed by atoms with van der Waals surface area (Å²) in [5, 5.41) is 15.7. The zero-order valence-electron chi connectivity index (χ0n) is 9.51. The lowest BCUT2D eigenvalue weighted by atomic mass is 9.89. The fourth-order valence-corrected chi connectivity index (χ4v) is 2.22. The molecule has 0 radical (unpaired) electrons. The second-order valence-electron chi connectivity index (χ2n) is 4.23. The van der Waals surface area contributed by atoms with Crippen LogP contribution < -0.4 is 5.32 Å². The Morgan fingerprint density at radius 2 is 2.35 bits per heavy atom. The van der Waals surface area contributed by atoms with Gasteiger partial charge in [-0.25, -0.2) is 0 Å². The molecule has 1 aromatic heterocycles. The highest BCUT2D eigenvalue weighted by Crippen LogP contribution is 2.21. The minimum Gasteiger partial charge on any atom is -0.333 e. The van der Waals surface area contributed by atoms with Gasteiger partial charge < -0.3 is 10.2 Å². The third-order valence-electron chi connectivity index (χ3n) is 2.99. The topological polar surface area (TPSA) is 81.9 Å². The van der Waals surface area contributed by atoms with Gasteiger partial charge in [0.2, 0.25) is 0 Å². The van der Waals surface area contributed by atoms with Gasteiger partial charge in [0.1, 0.15) is 10.4 Å². The van der Waals surface area contributed by atoms with E-state index < -0.39 is 5.54 Å². The van der Waals surface area contributed by atoms with Gasteiger partial charge in [-0.1, -0.05) is 4.49 Å². The van der Waals surface area contributed by atoms with E-state index in [1.54, 1.807) is 0 Å². The van der Waals surface area contributed by atoms with Crippen LogP contribution in [0.4, 0.5) is 0 Å².